The first kappa shape index (κ1) is 14.1. The summed E-state index contributed by atoms with van der Waals surface area (Å²) in [6.45, 7) is 7.38. The average Bonchev–Trinajstić information content (AvgIpc) is 2.86. The van der Waals surface area contributed by atoms with E-state index in [0.29, 0.717) is 24.3 Å². The van der Waals surface area contributed by atoms with Crippen LogP contribution in [0, 0.1) is 12.8 Å². The third-order valence-corrected chi connectivity index (χ3v) is 3.97. The van der Waals surface area contributed by atoms with Crippen LogP contribution in [0.4, 0.5) is 0 Å². The van der Waals surface area contributed by atoms with Gasteiger partial charge in [-0.3, -0.25) is 4.79 Å². The number of likely N-dealkylation sites (tertiary alicyclic amines) is 1. The molecular weight excluding hydrogens is 234 g/mol. The Morgan fingerprint density at radius 1 is 1.32 bits per heavy atom. The second kappa shape index (κ2) is 6.23. The topological polar surface area (TPSA) is 20.3 Å². The molecule has 19 heavy (non-hydrogen) atoms. The third kappa shape index (κ3) is 3.59. The maximum atomic E-state index is 12.3. The molecule has 1 aromatic rings. The molecule has 1 atom stereocenters. The van der Waals surface area contributed by atoms with Crippen molar-refractivity contribution in [2.75, 3.05) is 6.54 Å². The van der Waals surface area contributed by atoms with E-state index in [4.69, 9.17) is 0 Å². The molecule has 0 radical (unpaired) electrons. The van der Waals surface area contributed by atoms with E-state index in [2.05, 4.69) is 49.9 Å². The molecule has 0 N–H and O–H groups in total. The second-order valence-electron chi connectivity index (χ2n) is 6.09. The minimum atomic E-state index is 0.306. The Kier molecular flexibility index (Phi) is 4.62. The predicted molar refractivity (Wildman–Crippen MR) is 78.9 cm³/mol. The van der Waals surface area contributed by atoms with E-state index >= 15 is 0 Å². The van der Waals surface area contributed by atoms with E-state index in [0.717, 1.165) is 25.8 Å². The van der Waals surface area contributed by atoms with Gasteiger partial charge in [0.15, 0.2) is 0 Å². The molecule has 1 amide bonds. The SMILES string of the molecule is Cc1ccc(C2CCCN2C(=O)CCC(C)C)cc1. The van der Waals surface area contributed by atoms with Gasteiger partial charge in [0, 0.05) is 13.0 Å². The van der Waals surface area contributed by atoms with Crippen molar-refractivity contribution >= 4 is 5.91 Å². The standard InChI is InChI=1S/C17H25NO/c1-13(2)6-11-17(19)18-12-4-5-16(18)15-9-7-14(3)8-10-15/h7-10,13,16H,4-6,11-12H2,1-3H3. The zero-order chi connectivity index (χ0) is 13.8. The third-order valence-electron chi connectivity index (χ3n) is 3.97. The van der Waals surface area contributed by atoms with Crippen LogP contribution in [0.1, 0.15) is 56.7 Å². The minimum Gasteiger partial charge on any atom is -0.336 e. The molecule has 2 heteroatoms. The van der Waals surface area contributed by atoms with Crippen molar-refractivity contribution in [3.05, 3.63) is 35.4 Å². The normalized spacial score (nSPS) is 19.2. The largest absolute Gasteiger partial charge is 0.336 e. The van der Waals surface area contributed by atoms with Crippen molar-refractivity contribution in [1.29, 1.82) is 0 Å². The number of aryl methyl sites for hydroxylation is 1. The van der Waals surface area contributed by atoms with Gasteiger partial charge in [0.05, 0.1) is 6.04 Å². The number of hydrogen-bond acceptors (Lipinski definition) is 1. The van der Waals surface area contributed by atoms with E-state index in [-0.39, 0.29) is 0 Å². The fourth-order valence-corrected chi connectivity index (χ4v) is 2.76. The number of benzene rings is 1. The van der Waals surface area contributed by atoms with Gasteiger partial charge in [-0.2, -0.15) is 0 Å². The highest BCUT2D eigenvalue weighted by Crippen LogP contribution is 2.32. The van der Waals surface area contributed by atoms with E-state index < -0.39 is 0 Å². The van der Waals surface area contributed by atoms with Gasteiger partial charge in [-0.1, -0.05) is 43.7 Å². The summed E-state index contributed by atoms with van der Waals surface area (Å²) in [6.07, 6.45) is 3.93. The number of hydrogen-bond donors (Lipinski definition) is 0. The fraction of sp³-hybridized carbons (Fsp3) is 0.588. The monoisotopic (exact) mass is 259 g/mol. The Morgan fingerprint density at radius 3 is 2.63 bits per heavy atom. The van der Waals surface area contributed by atoms with Crippen molar-refractivity contribution in [3.63, 3.8) is 0 Å². The highest BCUT2D eigenvalue weighted by molar-refractivity contribution is 5.77. The van der Waals surface area contributed by atoms with Gasteiger partial charge >= 0.3 is 0 Å². The summed E-state index contributed by atoms with van der Waals surface area (Å²) in [5.41, 5.74) is 2.57. The van der Waals surface area contributed by atoms with Crippen LogP contribution < -0.4 is 0 Å². The molecule has 1 fully saturated rings. The maximum Gasteiger partial charge on any atom is 0.223 e. The van der Waals surface area contributed by atoms with Gasteiger partial charge in [-0.25, -0.2) is 0 Å². The van der Waals surface area contributed by atoms with Gasteiger partial charge in [-0.15, -0.1) is 0 Å². The molecule has 1 aromatic carbocycles. The minimum absolute atomic E-state index is 0.306. The van der Waals surface area contributed by atoms with Crippen molar-refractivity contribution < 1.29 is 4.79 Å². The first-order chi connectivity index (χ1) is 9.08. The molecule has 0 aromatic heterocycles. The molecule has 1 unspecified atom stereocenters. The van der Waals surface area contributed by atoms with Gasteiger partial charge in [-0.05, 0) is 37.7 Å². The average molecular weight is 259 g/mol. The molecule has 2 rings (SSSR count). The lowest BCUT2D eigenvalue weighted by atomic mass is 10.0. The summed E-state index contributed by atoms with van der Waals surface area (Å²) in [4.78, 5) is 14.4. The van der Waals surface area contributed by atoms with Crippen LogP contribution in [0.3, 0.4) is 0 Å². The molecule has 104 valence electrons. The van der Waals surface area contributed by atoms with Crippen LogP contribution in [0.2, 0.25) is 0 Å². The summed E-state index contributed by atoms with van der Waals surface area (Å²) in [5, 5.41) is 0. The van der Waals surface area contributed by atoms with E-state index in [9.17, 15) is 4.79 Å². The molecule has 1 aliphatic rings. The van der Waals surface area contributed by atoms with Crippen molar-refractivity contribution in [3.8, 4) is 0 Å². The van der Waals surface area contributed by atoms with Crippen LogP contribution in [-0.4, -0.2) is 17.4 Å². The Morgan fingerprint density at radius 2 is 2.00 bits per heavy atom. The van der Waals surface area contributed by atoms with Gasteiger partial charge in [0.2, 0.25) is 5.91 Å². The maximum absolute atomic E-state index is 12.3. The number of rotatable bonds is 4. The number of carbonyl (C=O) groups is 1. The van der Waals surface area contributed by atoms with E-state index in [1.54, 1.807) is 0 Å². The number of carbonyl (C=O) groups excluding carboxylic acids is 1. The lowest BCUT2D eigenvalue weighted by molar-refractivity contribution is -0.132. The molecule has 0 spiro atoms. The first-order valence-corrected chi connectivity index (χ1v) is 7.44. The zero-order valence-electron chi connectivity index (χ0n) is 12.4. The van der Waals surface area contributed by atoms with Crippen LogP contribution in [0.25, 0.3) is 0 Å². The van der Waals surface area contributed by atoms with Gasteiger partial charge < -0.3 is 4.90 Å². The molecule has 1 aliphatic heterocycles. The molecule has 0 bridgehead atoms. The molecule has 1 heterocycles. The van der Waals surface area contributed by atoms with E-state index in [1.807, 2.05) is 0 Å². The molecule has 2 nitrogen and oxygen atoms in total. The van der Waals surface area contributed by atoms with Crippen LogP contribution in [0.5, 0.6) is 0 Å². The summed E-state index contributed by atoms with van der Waals surface area (Å²) < 4.78 is 0. The van der Waals surface area contributed by atoms with Crippen LogP contribution >= 0.6 is 0 Å². The van der Waals surface area contributed by atoms with Crippen LogP contribution in [0.15, 0.2) is 24.3 Å². The Labute approximate surface area is 116 Å². The fourth-order valence-electron chi connectivity index (χ4n) is 2.76. The summed E-state index contributed by atoms with van der Waals surface area (Å²) in [5.74, 6) is 0.932. The first-order valence-electron chi connectivity index (χ1n) is 7.44. The van der Waals surface area contributed by atoms with Gasteiger partial charge in [0.25, 0.3) is 0 Å². The number of amides is 1. The van der Waals surface area contributed by atoms with Crippen molar-refractivity contribution in [1.82, 2.24) is 4.90 Å². The predicted octanol–water partition coefficient (Wildman–Crippen LogP) is 4.09. The smallest absolute Gasteiger partial charge is 0.223 e. The zero-order valence-corrected chi connectivity index (χ0v) is 12.4. The van der Waals surface area contributed by atoms with Crippen LogP contribution in [-0.2, 0) is 4.79 Å². The van der Waals surface area contributed by atoms with Gasteiger partial charge in [0.1, 0.15) is 0 Å². The second-order valence-corrected chi connectivity index (χ2v) is 6.09. The lowest BCUT2D eigenvalue weighted by Crippen LogP contribution is -2.30. The summed E-state index contributed by atoms with van der Waals surface area (Å²) in [6, 6.07) is 8.94. The highest BCUT2D eigenvalue weighted by atomic mass is 16.2. The molecule has 0 saturated carbocycles. The quantitative estimate of drug-likeness (QED) is 0.797. The summed E-state index contributed by atoms with van der Waals surface area (Å²) >= 11 is 0. The van der Waals surface area contributed by atoms with Crippen molar-refractivity contribution in [2.45, 2.75) is 52.5 Å². The molecular formula is C17H25NO. The number of nitrogens with zero attached hydrogens (tertiary/aromatic N) is 1. The highest BCUT2D eigenvalue weighted by Gasteiger charge is 2.29. The molecule has 0 aliphatic carbocycles. The summed E-state index contributed by atoms with van der Waals surface area (Å²) in [7, 11) is 0. The Bertz CT molecular complexity index is 421. The lowest BCUT2D eigenvalue weighted by Gasteiger charge is -2.25. The Hall–Kier alpha value is -1.31. The van der Waals surface area contributed by atoms with Crippen molar-refractivity contribution in [2.24, 2.45) is 5.92 Å². The van der Waals surface area contributed by atoms with E-state index in [1.165, 1.54) is 11.1 Å². The molecule has 1 saturated heterocycles. The Balaban J connectivity index is 2.04.